The van der Waals surface area contributed by atoms with E-state index in [1.807, 2.05) is 19.1 Å². The fourth-order valence-electron chi connectivity index (χ4n) is 2.49. The van der Waals surface area contributed by atoms with Crippen molar-refractivity contribution in [3.8, 4) is 0 Å². The second-order valence-electron chi connectivity index (χ2n) is 4.43. The molecule has 0 aliphatic heterocycles. The lowest BCUT2D eigenvalue weighted by molar-refractivity contribution is 0.900. The van der Waals surface area contributed by atoms with Crippen LogP contribution in [0.1, 0.15) is 23.2 Å². The molecule has 0 bridgehead atoms. The van der Waals surface area contributed by atoms with Crippen molar-refractivity contribution in [2.24, 2.45) is 0 Å². The SMILES string of the molecule is Cc1cc(Br)c2[nH]c3c(c(=O)c2c1)CCC3. The van der Waals surface area contributed by atoms with E-state index in [-0.39, 0.29) is 5.43 Å². The summed E-state index contributed by atoms with van der Waals surface area (Å²) < 4.78 is 0.981. The molecule has 16 heavy (non-hydrogen) atoms. The van der Waals surface area contributed by atoms with Crippen LogP contribution in [0, 0.1) is 6.92 Å². The summed E-state index contributed by atoms with van der Waals surface area (Å²) in [4.78, 5) is 15.7. The van der Waals surface area contributed by atoms with Gasteiger partial charge in [0, 0.05) is 21.1 Å². The van der Waals surface area contributed by atoms with Gasteiger partial charge in [-0.25, -0.2) is 0 Å². The van der Waals surface area contributed by atoms with Gasteiger partial charge in [0.05, 0.1) is 5.52 Å². The summed E-state index contributed by atoms with van der Waals surface area (Å²) in [6.07, 6.45) is 3.01. The minimum atomic E-state index is 0.214. The van der Waals surface area contributed by atoms with E-state index in [9.17, 15) is 4.79 Å². The standard InChI is InChI=1S/C13H12BrNO/c1-7-5-9-12(10(14)6-7)15-11-4-2-3-8(11)13(9)16/h5-6H,2-4H2,1H3,(H,15,16). The van der Waals surface area contributed by atoms with Gasteiger partial charge in [-0.05, 0) is 59.8 Å². The molecule has 1 aromatic carbocycles. The number of hydrogen-bond acceptors (Lipinski definition) is 1. The molecule has 0 amide bonds. The smallest absolute Gasteiger partial charge is 0.192 e. The van der Waals surface area contributed by atoms with Crippen molar-refractivity contribution in [2.45, 2.75) is 26.2 Å². The van der Waals surface area contributed by atoms with Gasteiger partial charge in [-0.1, -0.05) is 0 Å². The van der Waals surface area contributed by atoms with Gasteiger partial charge in [-0.15, -0.1) is 0 Å². The molecule has 0 atom stereocenters. The van der Waals surface area contributed by atoms with Crippen LogP contribution in [0.25, 0.3) is 10.9 Å². The van der Waals surface area contributed by atoms with Crippen LogP contribution in [0.5, 0.6) is 0 Å². The highest BCUT2D eigenvalue weighted by molar-refractivity contribution is 9.10. The Labute approximate surface area is 102 Å². The third kappa shape index (κ3) is 1.34. The van der Waals surface area contributed by atoms with Crippen molar-refractivity contribution in [3.05, 3.63) is 43.6 Å². The van der Waals surface area contributed by atoms with Crippen LogP contribution in [0.4, 0.5) is 0 Å². The van der Waals surface area contributed by atoms with Crippen molar-refractivity contribution < 1.29 is 0 Å². The highest BCUT2D eigenvalue weighted by Crippen LogP contribution is 2.26. The number of nitrogens with one attached hydrogen (secondary N) is 1. The first-order valence-electron chi connectivity index (χ1n) is 5.50. The van der Waals surface area contributed by atoms with E-state index in [0.29, 0.717) is 0 Å². The average Bonchev–Trinajstić information content (AvgIpc) is 2.68. The molecule has 0 saturated heterocycles. The first-order valence-corrected chi connectivity index (χ1v) is 6.30. The predicted octanol–water partition coefficient (Wildman–Crippen LogP) is 3.09. The van der Waals surface area contributed by atoms with Crippen molar-refractivity contribution >= 4 is 26.8 Å². The number of aryl methyl sites for hydroxylation is 2. The van der Waals surface area contributed by atoms with Gasteiger partial charge >= 0.3 is 0 Å². The molecule has 0 unspecified atom stereocenters. The van der Waals surface area contributed by atoms with E-state index in [1.165, 1.54) is 0 Å². The van der Waals surface area contributed by atoms with Crippen LogP contribution in [0.15, 0.2) is 21.4 Å². The van der Waals surface area contributed by atoms with Crippen molar-refractivity contribution in [1.29, 1.82) is 0 Å². The monoisotopic (exact) mass is 277 g/mol. The number of aromatic nitrogens is 1. The third-order valence-electron chi connectivity index (χ3n) is 3.25. The van der Waals surface area contributed by atoms with Crippen molar-refractivity contribution in [2.75, 3.05) is 0 Å². The Morgan fingerprint density at radius 1 is 1.31 bits per heavy atom. The zero-order chi connectivity index (χ0) is 11.3. The van der Waals surface area contributed by atoms with Crippen LogP contribution < -0.4 is 5.43 Å². The van der Waals surface area contributed by atoms with Gasteiger partial charge in [0.1, 0.15) is 0 Å². The molecule has 1 aromatic heterocycles. The summed E-state index contributed by atoms with van der Waals surface area (Å²) in [5, 5.41) is 0.813. The lowest BCUT2D eigenvalue weighted by Crippen LogP contribution is -2.11. The number of rotatable bonds is 0. The fourth-order valence-corrected chi connectivity index (χ4v) is 3.17. The highest BCUT2D eigenvalue weighted by Gasteiger charge is 2.17. The van der Waals surface area contributed by atoms with Crippen molar-refractivity contribution in [1.82, 2.24) is 4.98 Å². The topological polar surface area (TPSA) is 32.9 Å². The average molecular weight is 278 g/mol. The molecule has 0 saturated carbocycles. The molecule has 1 aliphatic carbocycles. The third-order valence-corrected chi connectivity index (χ3v) is 3.87. The number of hydrogen-bond donors (Lipinski definition) is 1. The fraction of sp³-hybridized carbons (Fsp3) is 0.308. The van der Waals surface area contributed by atoms with Crippen LogP contribution in [-0.2, 0) is 12.8 Å². The number of aromatic amines is 1. The molecule has 1 heterocycles. The molecule has 3 heteroatoms. The van der Waals surface area contributed by atoms with E-state index in [4.69, 9.17) is 0 Å². The molecule has 1 N–H and O–H groups in total. The summed E-state index contributed by atoms with van der Waals surface area (Å²) in [5.74, 6) is 0. The maximum absolute atomic E-state index is 12.3. The first kappa shape index (κ1) is 10.1. The van der Waals surface area contributed by atoms with Gasteiger partial charge in [0.2, 0.25) is 0 Å². The second kappa shape index (κ2) is 3.45. The first-order chi connectivity index (χ1) is 7.66. The number of halogens is 1. The van der Waals surface area contributed by atoms with Crippen molar-refractivity contribution in [3.63, 3.8) is 0 Å². The Kier molecular flexibility index (Phi) is 2.18. The number of pyridine rings is 1. The Morgan fingerprint density at radius 2 is 2.12 bits per heavy atom. The van der Waals surface area contributed by atoms with Crippen LogP contribution in [0.3, 0.4) is 0 Å². The molecule has 0 radical (unpaired) electrons. The van der Waals surface area contributed by atoms with E-state index < -0.39 is 0 Å². The molecule has 1 aliphatic rings. The van der Waals surface area contributed by atoms with Gasteiger partial charge in [-0.2, -0.15) is 0 Å². The number of H-pyrrole nitrogens is 1. The molecule has 2 aromatic rings. The molecule has 0 spiro atoms. The minimum absolute atomic E-state index is 0.214. The van der Waals surface area contributed by atoms with Gasteiger partial charge in [0.25, 0.3) is 0 Å². The lowest BCUT2D eigenvalue weighted by atomic mass is 10.1. The normalized spacial score (nSPS) is 14.4. The van der Waals surface area contributed by atoms with Gasteiger partial charge in [-0.3, -0.25) is 4.79 Å². The molecular formula is C13H12BrNO. The predicted molar refractivity (Wildman–Crippen MR) is 69.0 cm³/mol. The molecule has 2 nitrogen and oxygen atoms in total. The molecule has 82 valence electrons. The summed E-state index contributed by atoms with van der Waals surface area (Å²) >= 11 is 3.52. The highest BCUT2D eigenvalue weighted by atomic mass is 79.9. The molecule has 0 fully saturated rings. The van der Waals surface area contributed by atoms with Gasteiger partial charge < -0.3 is 4.98 Å². The Hall–Kier alpha value is -1.09. The van der Waals surface area contributed by atoms with E-state index in [2.05, 4.69) is 20.9 Å². The van der Waals surface area contributed by atoms with Gasteiger partial charge in [0.15, 0.2) is 5.43 Å². The Morgan fingerprint density at radius 3 is 2.94 bits per heavy atom. The maximum Gasteiger partial charge on any atom is 0.192 e. The second-order valence-corrected chi connectivity index (χ2v) is 5.29. The quantitative estimate of drug-likeness (QED) is 0.789. The van der Waals surface area contributed by atoms with E-state index >= 15 is 0 Å². The lowest BCUT2D eigenvalue weighted by Gasteiger charge is -2.06. The maximum atomic E-state index is 12.3. The zero-order valence-electron chi connectivity index (χ0n) is 9.06. The number of fused-ring (bicyclic) bond motifs is 2. The number of benzene rings is 1. The molecular weight excluding hydrogens is 266 g/mol. The summed E-state index contributed by atoms with van der Waals surface area (Å²) in [6, 6.07) is 4.01. The summed E-state index contributed by atoms with van der Waals surface area (Å²) in [5.41, 5.74) is 4.39. The Bertz CT molecular complexity index is 642. The van der Waals surface area contributed by atoms with Crippen LogP contribution in [0.2, 0.25) is 0 Å². The molecule has 3 rings (SSSR count). The van der Waals surface area contributed by atoms with Crippen LogP contribution in [-0.4, -0.2) is 4.98 Å². The minimum Gasteiger partial charge on any atom is -0.357 e. The summed E-state index contributed by atoms with van der Waals surface area (Å²) in [6.45, 7) is 2.01. The summed E-state index contributed by atoms with van der Waals surface area (Å²) in [7, 11) is 0. The van der Waals surface area contributed by atoms with E-state index in [0.717, 1.165) is 51.5 Å². The van der Waals surface area contributed by atoms with E-state index in [1.54, 1.807) is 0 Å². The zero-order valence-corrected chi connectivity index (χ0v) is 10.6. The van der Waals surface area contributed by atoms with Crippen LogP contribution >= 0.6 is 15.9 Å². The Balaban J connectivity index is 2.51. The largest absolute Gasteiger partial charge is 0.357 e.